The number of rotatable bonds is 1. The molecule has 0 spiro atoms. The average Bonchev–Trinajstić information content (AvgIpc) is 2.60. The number of halogens is 2. The molecule has 0 aliphatic rings. The summed E-state index contributed by atoms with van der Waals surface area (Å²) in [5.74, 6) is 0. The molecule has 6 nitrogen and oxygen atoms in total. The standard InChI is InChI=1S/C8H8Cl2N4O2/c1-12-5-4(6(15)13(2)8(12)16)14(3-9)7(10)11-5/h3H2,1-2H3. The van der Waals surface area contributed by atoms with Crippen LogP contribution < -0.4 is 11.2 Å². The number of hydrogen-bond donors (Lipinski definition) is 0. The van der Waals surface area contributed by atoms with Gasteiger partial charge in [-0.15, -0.1) is 11.6 Å². The molecule has 2 aromatic rings. The fourth-order valence-electron chi connectivity index (χ4n) is 1.53. The molecule has 2 aromatic heterocycles. The van der Waals surface area contributed by atoms with E-state index in [1.165, 1.54) is 23.2 Å². The summed E-state index contributed by atoms with van der Waals surface area (Å²) >= 11 is 11.5. The minimum absolute atomic E-state index is 0.00276. The van der Waals surface area contributed by atoms with Gasteiger partial charge in [0, 0.05) is 14.1 Å². The van der Waals surface area contributed by atoms with Crippen molar-refractivity contribution >= 4 is 34.4 Å². The zero-order valence-electron chi connectivity index (χ0n) is 8.57. The van der Waals surface area contributed by atoms with Crippen molar-refractivity contribution < 1.29 is 0 Å². The van der Waals surface area contributed by atoms with Crippen LogP contribution in [0.25, 0.3) is 11.2 Å². The van der Waals surface area contributed by atoms with Crippen molar-refractivity contribution in [3.05, 3.63) is 26.1 Å². The fourth-order valence-corrected chi connectivity index (χ4v) is 2.05. The quantitative estimate of drug-likeness (QED) is 0.548. The molecule has 2 rings (SSSR count). The predicted molar refractivity (Wildman–Crippen MR) is 61.1 cm³/mol. The van der Waals surface area contributed by atoms with E-state index in [2.05, 4.69) is 4.98 Å². The van der Waals surface area contributed by atoms with E-state index in [-0.39, 0.29) is 22.5 Å². The number of alkyl halides is 1. The summed E-state index contributed by atoms with van der Waals surface area (Å²) in [6.07, 6.45) is 0. The monoisotopic (exact) mass is 262 g/mol. The fraction of sp³-hybridized carbons (Fsp3) is 0.375. The van der Waals surface area contributed by atoms with Crippen LogP contribution in [0.3, 0.4) is 0 Å². The van der Waals surface area contributed by atoms with Crippen LogP contribution in [0.2, 0.25) is 5.28 Å². The molecule has 16 heavy (non-hydrogen) atoms. The average molecular weight is 263 g/mol. The highest BCUT2D eigenvalue weighted by Crippen LogP contribution is 2.15. The molecule has 0 N–H and O–H groups in total. The Morgan fingerprint density at radius 2 is 1.88 bits per heavy atom. The maximum atomic E-state index is 11.9. The molecule has 0 radical (unpaired) electrons. The zero-order valence-corrected chi connectivity index (χ0v) is 10.1. The van der Waals surface area contributed by atoms with Crippen molar-refractivity contribution in [2.75, 3.05) is 0 Å². The number of hydrogen-bond acceptors (Lipinski definition) is 3. The van der Waals surface area contributed by atoms with Gasteiger partial charge in [-0.1, -0.05) is 0 Å². The first-order valence-corrected chi connectivity index (χ1v) is 5.28. The van der Waals surface area contributed by atoms with Gasteiger partial charge < -0.3 is 0 Å². The van der Waals surface area contributed by atoms with Crippen LogP contribution in [0.5, 0.6) is 0 Å². The van der Waals surface area contributed by atoms with Gasteiger partial charge in [-0.25, -0.2) is 4.79 Å². The molecule has 0 amide bonds. The van der Waals surface area contributed by atoms with Gasteiger partial charge in [-0.3, -0.25) is 18.5 Å². The van der Waals surface area contributed by atoms with Crippen LogP contribution in [0.15, 0.2) is 9.59 Å². The first kappa shape index (κ1) is 11.2. The van der Waals surface area contributed by atoms with Crippen LogP contribution in [0, 0.1) is 0 Å². The van der Waals surface area contributed by atoms with Gasteiger partial charge in [-0.05, 0) is 11.6 Å². The van der Waals surface area contributed by atoms with Gasteiger partial charge in [0.25, 0.3) is 5.56 Å². The highest BCUT2D eigenvalue weighted by atomic mass is 35.5. The van der Waals surface area contributed by atoms with Crippen LogP contribution in [0.1, 0.15) is 0 Å². The van der Waals surface area contributed by atoms with E-state index in [1.807, 2.05) is 0 Å². The topological polar surface area (TPSA) is 61.8 Å². The van der Waals surface area contributed by atoms with E-state index in [9.17, 15) is 9.59 Å². The Bertz CT molecular complexity index is 682. The van der Waals surface area contributed by atoms with E-state index < -0.39 is 11.2 Å². The second-order valence-corrected chi connectivity index (χ2v) is 3.88. The van der Waals surface area contributed by atoms with Crippen molar-refractivity contribution in [1.82, 2.24) is 18.7 Å². The van der Waals surface area contributed by atoms with Crippen molar-refractivity contribution in [3.8, 4) is 0 Å². The molecule has 8 heteroatoms. The molecular weight excluding hydrogens is 255 g/mol. The largest absolute Gasteiger partial charge is 0.332 e. The third-order valence-corrected chi connectivity index (χ3v) is 2.95. The van der Waals surface area contributed by atoms with Gasteiger partial charge >= 0.3 is 5.69 Å². The maximum Gasteiger partial charge on any atom is 0.332 e. The molecule has 0 fully saturated rings. The summed E-state index contributed by atoms with van der Waals surface area (Å²) < 4.78 is 3.59. The molecule has 0 bridgehead atoms. The number of aromatic nitrogens is 4. The van der Waals surface area contributed by atoms with Crippen molar-refractivity contribution in [3.63, 3.8) is 0 Å². The summed E-state index contributed by atoms with van der Waals surface area (Å²) in [5.41, 5.74) is -0.449. The molecule has 0 aromatic carbocycles. The van der Waals surface area contributed by atoms with Gasteiger partial charge in [0.2, 0.25) is 5.28 Å². The van der Waals surface area contributed by atoms with Crippen LogP contribution in [0.4, 0.5) is 0 Å². The van der Waals surface area contributed by atoms with Gasteiger partial charge in [0.05, 0.1) is 0 Å². The molecule has 0 saturated heterocycles. The predicted octanol–water partition coefficient (Wildman–Crippen LogP) is 0.283. The Labute approximate surface area is 99.6 Å². The number of nitrogens with zero attached hydrogens (tertiary/aromatic N) is 4. The van der Waals surface area contributed by atoms with E-state index in [0.29, 0.717) is 0 Å². The third-order valence-electron chi connectivity index (χ3n) is 2.42. The lowest BCUT2D eigenvalue weighted by molar-refractivity contribution is 0.705. The van der Waals surface area contributed by atoms with Crippen molar-refractivity contribution in [1.29, 1.82) is 0 Å². The molecule has 0 atom stereocenters. The van der Waals surface area contributed by atoms with E-state index in [0.717, 1.165) is 4.57 Å². The van der Waals surface area contributed by atoms with Gasteiger partial charge in [0.15, 0.2) is 11.2 Å². The first-order valence-electron chi connectivity index (χ1n) is 4.36. The zero-order chi connectivity index (χ0) is 12.0. The molecule has 0 aliphatic heterocycles. The maximum absolute atomic E-state index is 11.9. The summed E-state index contributed by atoms with van der Waals surface area (Å²) in [6, 6.07) is 0.00276. The molecule has 0 unspecified atom stereocenters. The van der Waals surface area contributed by atoms with Crippen LogP contribution in [-0.4, -0.2) is 18.7 Å². The molecule has 2 heterocycles. The highest BCUT2D eigenvalue weighted by Gasteiger charge is 2.16. The van der Waals surface area contributed by atoms with Gasteiger partial charge in [-0.2, -0.15) is 4.98 Å². The summed E-state index contributed by atoms with van der Waals surface area (Å²) in [5, 5.41) is 0.0864. The Balaban J connectivity index is 3.15. The number of aryl methyl sites for hydroxylation is 1. The lowest BCUT2D eigenvalue weighted by Gasteiger charge is -2.03. The molecule has 86 valence electrons. The number of imidazole rings is 1. The normalized spacial score (nSPS) is 11.2. The SMILES string of the molecule is Cn1c(=O)c2c(nc(Cl)n2CCl)n(C)c1=O. The van der Waals surface area contributed by atoms with Crippen molar-refractivity contribution in [2.45, 2.75) is 6.00 Å². The van der Waals surface area contributed by atoms with E-state index >= 15 is 0 Å². The summed E-state index contributed by atoms with van der Waals surface area (Å²) in [4.78, 5) is 27.4. The Morgan fingerprint density at radius 1 is 1.25 bits per heavy atom. The van der Waals surface area contributed by atoms with Gasteiger partial charge in [0.1, 0.15) is 6.00 Å². The van der Waals surface area contributed by atoms with Crippen molar-refractivity contribution in [2.24, 2.45) is 14.1 Å². The smallest absolute Gasteiger partial charge is 0.294 e. The lowest BCUT2D eigenvalue weighted by Crippen LogP contribution is -2.37. The molecule has 0 saturated carbocycles. The van der Waals surface area contributed by atoms with Crippen LogP contribution in [-0.2, 0) is 20.1 Å². The lowest BCUT2D eigenvalue weighted by atomic mass is 10.5. The minimum Gasteiger partial charge on any atom is -0.294 e. The molecular formula is C8H8Cl2N4O2. The minimum atomic E-state index is -0.460. The summed E-state index contributed by atoms with van der Waals surface area (Å²) in [6.45, 7) is 0. The number of fused-ring (bicyclic) bond motifs is 1. The van der Waals surface area contributed by atoms with Crippen LogP contribution >= 0.6 is 23.2 Å². The second kappa shape index (κ2) is 3.64. The van der Waals surface area contributed by atoms with E-state index in [1.54, 1.807) is 0 Å². The Kier molecular flexibility index (Phi) is 2.55. The third kappa shape index (κ3) is 1.30. The highest BCUT2D eigenvalue weighted by molar-refractivity contribution is 6.29. The second-order valence-electron chi connectivity index (χ2n) is 3.31. The summed E-state index contributed by atoms with van der Waals surface area (Å²) in [7, 11) is 2.91. The Morgan fingerprint density at radius 3 is 2.44 bits per heavy atom. The molecule has 0 aliphatic carbocycles. The first-order chi connectivity index (χ1) is 7.49. The van der Waals surface area contributed by atoms with E-state index in [4.69, 9.17) is 23.2 Å². The Hall–Kier alpha value is -1.27.